The first-order valence-electron chi connectivity index (χ1n) is 5.51. The lowest BCUT2D eigenvalue weighted by Gasteiger charge is -2.10. The van der Waals surface area contributed by atoms with Gasteiger partial charge in [0.1, 0.15) is 0 Å². The molecule has 16 heavy (non-hydrogen) atoms. The van der Waals surface area contributed by atoms with E-state index >= 15 is 0 Å². The van der Waals surface area contributed by atoms with E-state index in [0.717, 1.165) is 12.8 Å². The van der Waals surface area contributed by atoms with Crippen molar-refractivity contribution in [3.63, 3.8) is 0 Å². The van der Waals surface area contributed by atoms with Crippen molar-refractivity contribution in [2.24, 2.45) is 5.92 Å². The van der Waals surface area contributed by atoms with Crippen LogP contribution in [0.5, 0.6) is 5.75 Å². The monoisotopic (exact) mass is 224 g/mol. The van der Waals surface area contributed by atoms with Crippen LogP contribution in [0.1, 0.15) is 37.0 Å². The molecule has 0 N–H and O–H groups in total. The number of hydrogen-bond donors (Lipinski definition) is 0. The molecule has 1 aromatic carbocycles. The molecule has 0 saturated heterocycles. The molecule has 0 unspecified atom stereocenters. The Morgan fingerprint density at radius 3 is 2.81 bits per heavy atom. The van der Waals surface area contributed by atoms with Crippen LogP contribution in [0.3, 0.4) is 0 Å². The van der Waals surface area contributed by atoms with Gasteiger partial charge in [0.05, 0.1) is 12.2 Å². The number of benzene rings is 1. The first-order valence-corrected chi connectivity index (χ1v) is 5.51. The summed E-state index contributed by atoms with van der Waals surface area (Å²) in [5.41, 5.74) is 0.268. The summed E-state index contributed by atoms with van der Waals surface area (Å²) in [4.78, 5) is 10.7. The summed E-state index contributed by atoms with van der Waals surface area (Å²) in [6.07, 6.45) is 2.51. The van der Waals surface area contributed by atoms with E-state index in [9.17, 15) is 9.18 Å². The van der Waals surface area contributed by atoms with Gasteiger partial charge < -0.3 is 4.74 Å². The van der Waals surface area contributed by atoms with Crippen LogP contribution < -0.4 is 4.74 Å². The van der Waals surface area contributed by atoms with Gasteiger partial charge in [0, 0.05) is 0 Å². The average Bonchev–Trinajstić information content (AvgIpc) is 2.25. The third-order valence-electron chi connectivity index (χ3n) is 2.30. The molecule has 0 bridgehead atoms. The lowest BCUT2D eigenvalue weighted by Crippen LogP contribution is -2.03. The molecule has 0 aliphatic carbocycles. The number of aldehydes is 1. The maximum Gasteiger partial charge on any atom is 0.165 e. The molecule has 0 amide bonds. The zero-order valence-electron chi connectivity index (χ0n) is 9.70. The Labute approximate surface area is 95.4 Å². The van der Waals surface area contributed by atoms with Crippen LogP contribution in [-0.2, 0) is 0 Å². The first-order chi connectivity index (χ1) is 7.65. The average molecular weight is 224 g/mol. The molecule has 88 valence electrons. The molecular formula is C13H17FO2. The van der Waals surface area contributed by atoms with E-state index in [1.165, 1.54) is 12.1 Å². The lowest BCUT2D eigenvalue weighted by atomic mass is 10.1. The van der Waals surface area contributed by atoms with E-state index in [0.29, 0.717) is 18.8 Å². The summed E-state index contributed by atoms with van der Waals surface area (Å²) in [6, 6.07) is 4.35. The molecule has 1 rings (SSSR count). The summed E-state index contributed by atoms with van der Waals surface area (Å²) >= 11 is 0. The Morgan fingerprint density at radius 1 is 1.44 bits per heavy atom. The van der Waals surface area contributed by atoms with E-state index in [4.69, 9.17) is 4.74 Å². The molecule has 0 saturated carbocycles. The van der Waals surface area contributed by atoms with Crippen LogP contribution in [-0.4, -0.2) is 12.9 Å². The number of ether oxygens (including phenoxy) is 1. The highest BCUT2D eigenvalue weighted by molar-refractivity contribution is 5.79. The number of halogens is 1. The summed E-state index contributed by atoms with van der Waals surface area (Å²) in [5.74, 6) is 0.199. The van der Waals surface area contributed by atoms with Crippen LogP contribution >= 0.6 is 0 Å². The second-order valence-corrected chi connectivity index (χ2v) is 4.16. The fraction of sp³-hybridized carbons (Fsp3) is 0.462. The van der Waals surface area contributed by atoms with Crippen molar-refractivity contribution in [1.82, 2.24) is 0 Å². The molecule has 0 aliphatic rings. The van der Waals surface area contributed by atoms with Crippen molar-refractivity contribution in [1.29, 1.82) is 0 Å². The molecule has 2 nitrogen and oxygen atoms in total. The van der Waals surface area contributed by atoms with Gasteiger partial charge in [-0.15, -0.1) is 0 Å². The number of carbonyl (C=O) groups is 1. The highest BCUT2D eigenvalue weighted by Gasteiger charge is 2.08. The van der Waals surface area contributed by atoms with Crippen LogP contribution in [0.25, 0.3) is 0 Å². The Kier molecular flexibility index (Phi) is 4.96. The second-order valence-electron chi connectivity index (χ2n) is 4.16. The van der Waals surface area contributed by atoms with Gasteiger partial charge in [-0.05, 0) is 30.9 Å². The molecule has 0 spiro atoms. The standard InChI is InChI=1S/C13H17FO2/c1-10(2)5-4-8-16-13-11(9-15)6-3-7-12(13)14/h3,6-7,9-10H,4-5,8H2,1-2H3. The number of hydrogen-bond acceptors (Lipinski definition) is 2. The third-order valence-corrected chi connectivity index (χ3v) is 2.30. The normalized spacial score (nSPS) is 10.5. The van der Waals surface area contributed by atoms with Crippen molar-refractivity contribution in [2.45, 2.75) is 26.7 Å². The Bertz CT molecular complexity index is 348. The fourth-order valence-corrected chi connectivity index (χ4v) is 1.44. The zero-order chi connectivity index (χ0) is 12.0. The van der Waals surface area contributed by atoms with Gasteiger partial charge in [-0.1, -0.05) is 19.9 Å². The zero-order valence-corrected chi connectivity index (χ0v) is 9.70. The Hall–Kier alpha value is -1.38. The number of rotatable bonds is 6. The van der Waals surface area contributed by atoms with Crippen molar-refractivity contribution in [2.75, 3.05) is 6.61 Å². The van der Waals surface area contributed by atoms with Gasteiger partial charge in [-0.2, -0.15) is 0 Å². The smallest absolute Gasteiger partial charge is 0.165 e. The van der Waals surface area contributed by atoms with Crippen molar-refractivity contribution in [3.8, 4) is 5.75 Å². The van der Waals surface area contributed by atoms with Crippen molar-refractivity contribution in [3.05, 3.63) is 29.6 Å². The van der Waals surface area contributed by atoms with Crippen molar-refractivity contribution >= 4 is 6.29 Å². The predicted molar refractivity (Wildman–Crippen MR) is 61.4 cm³/mol. The lowest BCUT2D eigenvalue weighted by molar-refractivity contribution is 0.111. The quantitative estimate of drug-likeness (QED) is 0.546. The van der Waals surface area contributed by atoms with Crippen LogP contribution in [0.15, 0.2) is 18.2 Å². The van der Waals surface area contributed by atoms with Gasteiger partial charge in [-0.3, -0.25) is 4.79 Å². The van der Waals surface area contributed by atoms with Crippen LogP contribution in [0, 0.1) is 11.7 Å². The Morgan fingerprint density at radius 2 is 2.19 bits per heavy atom. The minimum absolute atomic E-state index is 0.0706. The highest BCUT2D eigenvalue weighted by atomic mass is 19.1. The van der Waals surface area contributed by atoms with Gasteiger partial charge in [0.2, 0.25) is 0 Å². The van der Waals surface area contributed by atoms with E-state index in [1.807, 2.05) is 0 Å². The maximum absolute atomic E-state index is 13.3. The first kappa shape index (κ1) is 12.7. The number of para-hydroxylation sites is 1. The molecule has 0 aliphatic heterocycles. The minimum Gasteiger partial charge on any atom is -0.490 e. The Balaban J connectivity index is 2.55. The summed E-state index contributed by atoms with van der Waals surface area (Å²) < 4.78 is 18.6. The van der Waals surface area contributed by atoms with E-state index in [2.05, 4.69) is 13.8 Å². The third kappa shape index (κ3) is 3.65. The number of carbonyl (C=O) groups excluding carboxylic acids is 1. The van der Waals surface area contributed by atoms with Gasteiger partial charge in [-0.25, -0.2) is 4.39 Å². The molecule has 1 aromatic rings. The van der Waals surface area contributed by atoms with Gasteiger partial charge in [0.15, 0.2) is 17.9 Å². The second kappa shape index (κ2) is 6.26. The van der Waals surface area contributed by atoms with Gasteiger partial charge >= 0.3 is 0 Å². The van der Waals surface area contributed by atoms with Gasteiger partial charge in [0.25, 0.3) is 0 Å². The molecule has 0 radical (unpaired) electrons. The largest absolute Gasteiger partial charge is 0.490 e. The molecular weight excluding hydrogens is 207 g/mol. The summed E-state index contributed by atoms with van der Waals surface area (Å²) in [7, 11) is 0. The predicted octanol–water partition coefficient (Wildman–Crippen LogP) is 3.45. The fourth-order valence-electron chi connectivity index (χ4n) is 1.44. The van der Waals surface area contributed by atoms with E-state index in [-0.39, 0.29) is 11.3 Å². The van der Waals surface area contributed by atoms with Crippen LogP contribution in [0.2, 0.25) is 0 Å². The molecule has 0 fully saturated rings. The molecule has 0 aromatic heterocycles. The minimum atomic E-state index is -0.478. The SMILES string of the molecule is CC(C)CCCOc1c(F)cccc1C=O. The van der Waals surface area contributed by atoms with E-state index < -0.39 is 5.82 Å². The maximum atomic E-state index is 13.3. The molecule has 3 heteroatoms. The van der Waals surface area contributed by atoms with Crippen molar-refractivity contribution < 1.29 is 13.9 Å². The topological polar surface area (TPSA) is 26.3 Å². The summed E-state index contributed by atoms with van der Waals surface area (Å²) in [5, 5.41) is 0. The molecule has 0 atom stereocenters. The van der Waals surface area contributed by atoms with Crippen LogP contribution in [0.4, 0.5) is 4.39 Å². The summed E-state index contributed by atoms with van der Waals surface area (Å²) in [6.45, 7) is 4.69. The highest BCUT2D eigenvalue weighted by Crippen LogP contribution is 2.21. The molecule has 0 heterocycles. The van der Waals surface area contributed by atoms with E-state index in [1.54, 1.807) is 6.07 Å².